The second-order valence-electron chi connectivity index (χ2n) is 8.97. The van der Waals surface area contributed by atoms with Crippen LogP contribution in [0.3, 0.4) is 0 Å². The summed E-state index contributed by atoms with van der Waals surface area (Å²) in [7, 11) is 3.05. The fourth-order valence-corrected chi connectivity index (χ4v) is 4.37. The zero-order valence-corrected chi connectivity index (χ0v) is 21.2. The molecular weight excluding hydrogens is 503 g/mol. The number of benzene rings is 2. The quantitative estimate of drug-likeness (QED) is 0.378. The summed E-state index contributed by atoms with van der Waals surface area (Å²) in [6.45, 7) is 1.66. The first-order valence-electron chi connectivity index (χ1n) is 12.2. The third kappa shape index (κ3) is 7.05. The van der Waals surface area contributed by atoms with Crippen molar-refractivity contribution in [1.29, 1.82) is 0 Å². The molecule has 1 aromatic heterocycles. The molecule has 0 spiro atoms. The number of ether oxygens (including phenoxy) is 3. The molecule has 11 heteroatoms. The van der Waals surface area contributed by atoms with E-state index in [9.17, 15) is 18.0 Å². The second-order valence-corrected chi connectivity index (χ2v) is 8.97. The van der Waals surface area contributed by atoms with Gasteiger partial charge in [0.25, 0.3) is 5.91 Å². The first-order valence-corrected chi connectivity index (χ1v) is 12.2. The number of nitrogens with one attached hydrogen (secondary N) is 1. The molecule has 1 aliphatic rings. The van der Waals surface area contributed by atoms with E-state index in [1.54, 1.807) is 18.2 Å². The Kier molecular flexibility index (Phi) is 8.90. The maximum atomic E-state index is 13.3. The minimum atomic E-state index is -4.45. The predicted octanol–water partition coefficient (Wildman–Crippen LogP) is 4.82. The van der Waals surface area contributed by atoms with Crippen LogP contribution in [0.4, 0.5) is 13.2 Å². The number of para-hydroxylation sites is 1. The second kappa shape index (κ2) is 12.3. The Morgan fingerprint density at radius 3 is 2.66 bits per heavy atom. The zero-order chi connectivity index (χ0) is 27.1. The highest BCUT2D eigenvalue weighted by Gasteiger charge is 2.30. The standard InChI is InChI=1S/C27H30F3N3O5/c1-35-23-10-4-7-19(25(23)36-2)15-33(14-18-6-3-8-20(12-18)27(28,29)30)16-24-32-22(17-38-24)26(34)31-13-21-9-5-11-37-21/h3-4,6-8,10,12,17,21H,5,9,11,13-16H2,1-2H3,(H,31,34)/t21-/m0/s1. The van der Waals surface area contributed by atoms with E-state index in [0.29, 0.717) is 36.8 Å². The number of amides is 1. The molecule has 1 N–H and O–H groups in total. The Morgan fingerprint density at radius 1 is 1.13 bits per heavy atom. The van der Waals surface area contributed by atoms with E-state index >= 15 is 0 Å². The molecule has 0 aliphatic carbocycles. The molecule has 1 saturated heterocycles. The van der Waals surface area contributed by atoms with Crippen LogP contribution in [0, 0.1) is 0 Å². The number of carbonyl (C=O) groups is 1. The highest BCUT2D eigenvalue weighted by molar-refractivity contribution is 5.91. The summed E-state index contributed by atoms with van der Waals surface area (Å²) in [6, 6.07) is 10.6. The molecule has 1 atom stereocenters. The summed E-state index contributed by atoms with van der Waals surface area (Å²) in [4.78, 5) is 18.7. The third-order valence-corrected chi connectivity index (χ3v) is 6.20. The third-order valence-electron chi connectivity index (χ3n) is 6.20. The highest BCUT2D eigenvalue weighted by Crippen LogP contribution is 2.33. The van der Waals surface area contributed by atoms with Crippen molar-refractivity contribution in [3.8, 4) is 11.5 Å². The van der Waals surface area contributed by atoms with Gasteiger partial charge in [-0.15, -0.1) is 0 Å². The molecule has 38 heavy (non-hydrogen) atoms. The molecule has 2 aromatic carbocycles. The van der Waals surface area contributed by atoms with Gasteiger partial charge in [-0.3, -0.25) is 9.69 Å². The number of carbonyl (C=O) groups excluding carboxylic acids is 1. The molecule has 0 unspecified atom stereocenters. The Balaban J connectivity index is 1.53. The van der Waals surface area contributed by atoms with E-state index in [2.05, 4.69) is 10.3 Å². The summed E-state index contributed by atoms with van der Waals surface area (Å²) >= 11 is 0. The first-order chi connectivity index (χ1) is 18.3. The number of aromatic nitrogens is 1. The molecule has 204 valence electrons. The summed E-state index contributed by atoms with van der Waals surface area (Å²) in [5, 5.41) is 2.80. The van der Waals surface area contributed by atoms with Gasteiger partial charge in [-0.25, -0.2) is 4.98 Å². The van der Waals surface area contributed by atoms with Crippen molar-refractivity contribution < 1.29 is 36.6 Å². The van der Waals surface area contributed by atoms with E-state index in [1.165, 1.54) is 26.5 Å². The largest absolute Gasteiger partial charge is 0.493 e. The topological polar surface area (TPSA) is 86.1 Å². The molecule has 2 heterocycles. The summed E-state index contributed by atoms with van der Waals surface area (Å²) in [5.74, 6) is 0.923. The van der Waals surface area contributed by atoms with Crippen molar-refractivity contribution in [1.82, 2.24) is 15.2 Å². The maximum Gasteiger partial charge on any atom is 0.416 e. The molecular formula is C27H30F3N3O5. The van der Waals surface area contributed by atoms with Crippen molar-refractivity contribution in [2.24, 2.45) is 0 Å². The van der Waals surface area contributed by atoms with Gasteiger partial charge >= 0.3 is 6.18 Å². The molecule has 4 rings (SSSR count). The lowest BCUT2D eigenvalue weighted by molar-refractivity contribution is -0.137. The monoisotopic (exact) mass is 533 g/mol. The molecule has 0 radical (unpaired) electrons. The normalized spacial score (nSPS) is 15.6. The van der Waals surface area contributed by atoms with Crippen LogP contribution < -0.4 is 14.8 Å². The lowest BCUT2D eigenvalue weighted by Gasteiger charge is -2.23. The maximum absolute atomic E-state index is 13.3. The lowest BCUT2D eigenvalue weighted by atomic mass is 10.1. The lowest BCUT2D eigenvalue weighted by Crippen LogP contribution is -2.32. The molecule has 1 amide bonds. The molecule has 0 saturated carbocycles. The van der Waals surface area contributed by atoms with Gasteiger partial charge < -0.3 is 23.9 Å². The van der Waals surface area contributed by atoms with Gasteiger partial charge in [0.2, 0.25) is 5.89 Å². The Morgan fingerprint density at radius 2 is 1.95 bits per heavy atom. The molecule has 8 nitrogen and oxygen atoms in total. The molecule has 3 aromatic rings. The van der Waals surface area contributed by atoms with E-state index in [0.717, 1.165) is 30.5 Å². The minimum Gasteiger partial charge on any atom is -0.493 e. The van der Waals surface area contributed by atoms with Crippen LogP contribution in [-0.4, -0.2) is 49.3 Å². The van der Waals surface area contributed by atoms with Gasteiger partial charge in [-0.2, -0.15) is 13.2 Å². The molecule has 1 fully saturated rings. The number of halogens is 3. The number of hydrogen-bond donors (Lipinski definition) is 1. The van der Waals surface area contributed by atoms with Gasteiger partial charge in [0, 0.05) is 31.8 Å². The van der Waals surface area contributed by atoms with Gasteiger partial charge in [-0.05, 0) is 30.5 Å². The van der Waals surface area contributed by atoms with Crippen molar-refractivity contribution in [3.05, 3.63) is 77.0 Å². The van der Waals surface area contributed by atoms with Crippen LogP contribution in [0.2, 0.25) is 0 Å². The average Bonchev–Trinajstić information content (AvgIpc) is 3.59. The fourth-order valence-electron chi connectivity index (χ4n) is 4.37. The van der Waals surface area contributed by atoms with Crippen LogP contribution in [-0.2, 0) is 30.5 Å². The van der Waals surface area contributed by atoms with Crippen LogP contribution in [0.15, 0.2) is 53.1 Å². The van der Waals surface area contributed by atoms with Crippen molar-refractivity contribution in [2.45, 2.75) is 44.8 Å². The Hall–Kier alpha value is -3.57. The van der Waals surface area contributed by atoms with Gasteiger partial charge in [-0.1, -0.05) is 30.3 Å². The van der Waals surface area contributed by atoms with Gasteiger partial charge in [0.1, 0.15) is 6.26 Å². The van der Waals surface area contributed by atoms with Crippen LogP contribution in [0.5, 0.6) is 11.5 Å². The number of methoxy groups -OCH3 is 2. The average molecular weight is 534 g/mol. The summed E-state index contributed by atoms with van der Waals surface area (Å²) < 4.78 is 61.9. The number of rotatable bonds is 11. The van der Waals surface area contributed by atoms with Crippen LogP contribution >= 0.6 is 0 Å². The van der Waals surface area contributed by atoms with Gasteiger partial charge in [0.05, 0.1) is 32.4 Å². The van der Waals surface area contributed by atoms with Crippen molar-refractivity contribution in [2.75, 3.05) is 27.4 Å². The Bertz CT molecular complexity index is 1220. The molecule has 1 aliphatic heterocycles. The first kappa shape index (κ1) is 27.5. The SMILES string of the molecule is COc1cccc(CN(Cc2cccc(C(F)(F)F)c2)Cc2nc(C(=O)NC[C@@H]3CCCO3)co2)c1OC. The van der Waals surface area contributed by atoms with Crippen molar-refractivity contribution in [3.63, 3.8) is 0 Å². The van der Waals surface area contributed by atoms with Crippen LogP contribution in [0.1, 0.15) is 45.9 Å². The van der Waals surface area contributed by atoms with E-state index in [1.807, 2.05) is 11.0 Å². The smallest absolute Gasteiger partial charge is 0.416 e. The number of alkyl halides is 3. The zero-order valence-electron chi connectivity index (χ0n) is 21.2. The highest BCUT2D eigenvalue weighted by atomic mass is 19.4. The minimum absolute atomic E-state index is 0.00822. The van der Waals surface area contributed by atoms with Crippen LogP contribution in [0.25, 0.3) is 0 Å². The summed E-state index contributed by atoms with van der Waals surface area (Å²) in [6.07, 6.45) is -1.33. The van der Waals surface area contributed by atoms with E-state index in [-0.39, 0.29) is 36.7 Å². The molecule has 0 bridgehead atoms. The predicted molar refractivity (Wildman–Crippen MR) is 132 cm³/mol. The number of oxazole rings is 1. The van der Waals surface area contributed by atoms with Crippen molar-refractivity contribution >= 4 is 5.91 Å². The van der Waals surface area contributed by atoms with E-state index < -0.39 is 11.7 Å². The number of hydrogen-bond acceptors (Lipinski definition) is 7. The summed E-state index contributed by atoms with van der Waals surface area (Å²) in [5.41, 5.74) is 0.619. The van der Waals surface area contributed by atoms with E-state index in [4.69, 9.17) is 18.6 Å². The fraction of sp³-hybridized carbons (Fsp3) is 0.407. The number of nitrogens with zero attached hydrogens (tertiary/aromatic N) is 2. The van der Waals surface area contributed by atoms with Gasteiger partial charge in [0.15, 0.2) is 17.2 Å². The Labute approximate surface area is 218 Å².